The normalized spacial score (nSPS) is 10.9. The zero-order valence-corrected chi connectivity index (χ0v) is 9.24. The predicted molar refractivity (Wildman–Crippen MR) is 70.5 cm³/mol. The molecule has 0 amide bonds. The lowest BCUT2D eigenvalue weighted by atomic mass is 10.2. The van der Waals surface area contributed by atoms with Crippen LogP contribution in [-0.2, 0) is 0 Å². The quantitative estimate of drug-likeness (QED) is 0.525. The molecule has 0 atom stereocenters. The Morgan fingerprint density at radius 1 is 0.800 bits per heavy atom. The molecule has 0 saturated heterocycles. The van der Waals surface area contributed by atoms with Crippen LogP contribution in [0.15, 0.2) is 55.1 Å². The Balaban J connectivity index is 2.68. The molecule has 3 rings (SSSR count). The second kappa shape index (κ2) is 3.25. The number of fused-ring (bicyclic) bond motifs is 3. The third-order valence-corrected chi connectivity index (χ3v) is 4.98. The summed E-state index contributed by atoms with van der Waals surface area (Å²) < 4.78 is 0. The van der Waals surface area contributed by atoms with Crippen LogP contribution in [0, 0.1) is 0 Å². The topological polar surface area (TPSA) is 0 Å². The molecule has 1 heteroatoms. The van der Waals surface area contributed by atoms with Gasteiger partial charge < -0.3 is 0 Å². The molecule has 72 valence electrons. The Morgan fingerprint density at radius 2 is 1.27 bits per heavy atom. The van der Waals surface area contributed by atoms with Gasteiger partial charge in [0.15, 0.2) is 0 Å². The molecule has 0 aliphatic carbocycles. The second-order valence-corrected chi connectivity index (χ2v) is 5.66. The fraction of sp³-hybridized carbons (Fsp3) is 0. The van der Waals surface area contributed by atoms with Crippen molar-refractivity contribution in [3.8, 4) is 0 Å². The van der Waals surface area contributed by atoms with Crippen molar-refractivity contribution in [2.75, 3.05) is 0 Å². The first-order valence-corrected chi connectivity index (χ1v) is 6.43. The van der Waals surface area contributed by atoms with Crippen LogP contribution in [0.25, 0.3) is 26.8 Å². The van der Waals surface area contributed by atoms with E-state index in [-0.39, 0.29) is 7.53 Å². The monoisotopic (exact) mass is 210 g/mol. The molecule has 3 aromatic rings. The van der Waals surface area contributed by atoms with E-state index in [1.54, 1.807) is 0 Å². The molecule has 0 saturated carbocycles. The van der Waals surface area contributed by atoms with Crippen LogP contribution in [-0.4, -0.2) is 0 Å². The zero-order chi connectivity index (χ0) is 10.3. The minimum Gasteiger partial charge on any atom is -0.0948 e. The highest BCUT2D eigenvalue weighted by atomic mass is 31.1. The van der Waals surface area contributed by atoms with Gasteiger partial charge in [-0.3, -0.25) is 0 Å². The van der Waals surface area contributed by atoms with E-state index in [1.807, 2.05) is 0 Å². The average Bonchev–Trinajstić information content (AvgIpc) is 2.63. The highest BCUT2D eigenvalue weighted by Crippen LogP contribution is 2.49. The Labute approximate surface area is 89.9 Å². The van der Waals surface area contributed by atoms with Gasteiger partial charge in [0.05, 0.1) is 0 Å². The van der Waals surface area contributed by atoms with Crippen LogP contribution in [0.4, 0.5) is 0 Å². The van der Waals surface area contributed by atoms with Gasteiger partial charge in [0.25, 0.3) is 0 Å². The fourth-order valence-corrected chi connectivity index (χ4v) is 4.20. The first-order chi connectivity index (χ1) is 7.42. The van der Waals surface area contributed by atoms with Crippen molar-refractivity contribution < 1.29 is 0 Å². The van der Waals surface area contributed by atoms with Crippen molar-refractivity contribution in [3.63, 3.8) is 0 Å². The van der Waals surface area contributed by atoms with E-state index < -0.39 is 0 Å². The summed E-state index contributed by atoms with van der Waals surface area (Å²) in [5.41, 5.74) is 0. The average molecular weight is 210 g/mol. The summed E-state index contributed by atoms with van der Waals surface area (Å²) >= 11 is 0. The number of hydrogen-bond donors (Lipinski definition) is 0. The minimum absolute atomic E-state index is 0.311. The maximum absolute atomic E-state index is 3.97. The van der Waals surface area contributed by atoms with Gasteiger partial charge in [-0.2, -0.15) is 0 Å². The summed E-state index contributed by atoms with van der Waals surface area (Å²) in [5.74, 6) is 2.10. The van der Waals surface area contributed by atoms with Crippen LogP contribution < -0.4 is 0 Å². The van der Waals surface area contributed by atoms with Gasteiger partial charge in [-0.25, -0.2) is 0 Å². The van der Waals surface area contributed by atoms with E-state index in [4.69, 9.17) is 0 Å². The number of rotatable bonds is 1. The third-order valence-electron chi connectivity index (χ3n) is 2.80. The molecule has 15 heavy (non-hydrogen) atoms. The summed E-state index contributed by atoms with van der Waals surface area (Å²) in [4.78, 5) is 0. The minimum atomic E-state index is -0.311. The lowest BCUT2D eigenvalue weighted by Crippen LogP contribution is -1.62. The summed E-state index contributed by atoms with van der Waals surface area (Å²) in [6, 6.07) is 17.3. The maximum atomic E-state index is 3.97. The zero-order valence-electron chi connectivity index (χ0n) is 8.35. The van der Waals surface area contributed by atoms with Gasteiger partial charge in [0.1, 0.15) is 0 Å². The van der Waals surface area contributed by atoms with Crippen LogP contribution in [0.1, 0.15) is 0 Å². The second-order valence-electron chi connectivity index (χ2n) is 3.59. The molecule has 0 spiro atoms. The summed E-state index contributed by atoms with van der Waals surface area (Å²) in [6.45, 7) is 3.97. The lowest BCUT2D eigenvalue weighted by molar-refractivity contribution is 1.84. The van der Waals surface area contributed by atoms with Gasteiger partial charge in [-0.1, -0.05) is 62.6 Å². The molecule has 1 heterocycles. The van der Waals surface area contributed by atoms with Crippen LogP contribution >= 0.6 is 7.53 Å². The number of hydrogen-bond acceptors (Lipinski definition) is 0. The highest BCUT2D eigenvalue weighted by molar-refractivity contribution is 7.69. The van der Waals surface area contributed by atoms with Gasteiger partial charge in [-0.05, 0) is 16.6 Å². The van der Waals surface area contributed by atoms with E-state index in [2.05, 4.69) is 60.9 Å². The van der Waals surface area contributed by atoms with Crippen molar-refractivity contribution in [3.05, 3.63) is 55.1 Å². The van der Waals surface area contributed by atoms with E-state index in [0.717, 1.165) is 0 Å². The van der Waals surface area contributed by atoms with Crippen LogP contribution in [0.2, 0.25) is 0 Å². The lowest BCUT2D eigenvalue weighted by Gasteiger charge is -1.92. The van der Waals surface area contributed by atoms with Crippen LogP contribution in [0.3, 0.4) is 0 Å². The summed E-state index contributed by atoms with van der Waals surface area (Å²) in [7, 11) is -0.311. The Bertz CT molecular complexity index is 593. The Morgan fingerprint density at radius 3 is 1.73 bits per heavy atom. The van der Waals surface area contributed by atoms with Crippen molar-refractivity contribution in [2.24, 2.45) is 0 Å². The molecule has 0 N–H and O–H groups in total. The summed E-state index contributed by atoms with van der Waals surface area (Å²) in [5, 5.41) is 5.67. The SMILES string of the molecule is C=Cp1c2ccccc2c2ccccc21. The molecule has 0 unspecified atom stereocenters. The van der Waals surface area contributed by atoms with Gasteiger partial charge in [-0.15, -0.1) is 0 Å². The molecule has 0 fully saturated rings. The molecule has 2 aromatic carbocycles. The van der Waals surface area contributed by atoms with Crippen molar-refractivity contribution in [1.82, 2.24) is 0 Å². The largest absolute Gasteiger partial charge is 0.0948 e. The van der Waals surface area contributed by atoms with E-state index in [1.165, 1.54) is 21.0 Å². The molecule has 0 aliphatic rings. The Hall–Kier alpha value is -1.52. The highest BCUT2D eigenvalue weighted by Gasteiger charge is 2.07. The van der Waals surface area contributed by atoms with Crippen molar-refractivity contribution >= 4 is 34.4 Å². The van der Waals surface area contributed by atoms with E-state index >= 15 is 0 Å². The molecule has 0 bridgehead atoms. The summed E-state index contributed by atoms with van der Waals surface area (Å²) in [6.07, 6.45) is 0. The third kappa shape index (κ3) is 1.15. The van der Waals surface area contributed by atoms with E-state index in [9.17, 15) is 0 Å². The number of benzene rings is 2. The molecule has 0 radical (unpaired) electrons. The van der Waals surface area contributed by atoms with Crippen molar-refractivity contribution in [2.45, 2.75) is 0 Å². The van der Waals surface area contributed by atoms with E-state index in [0.29, 0.717) is 0 Å². The van der Waals surface area contributed by atoms with Gasteiger partial charge in [0, 0.05) is 10.2 Å². The molecule has 0 aliphatic heterocycles. The molecule has 0 nitrogen and oxygen atoms in total. The standard InChI is InChI=1S/C14H11P/c1-2-15-13-9-5-3-7-11(13)12-8-4-6-10-14(12)15/h2-10H,1H2. The maximum Gasteiger partial charge on any atom is 0.00625 e. The van der Waals surface area contributed by atoms with Crippen LogP contribution in [0.5, 0.6) is 0 Å². The van der Waals surface area contributed by atoms with Crippen molar-refractivity contribution in [1.29, 1.82) is 0 Å². The van der Waals surface area contributed by atoms with Gasteiger partial charge >= 0.3 is 0 Å². The Kier molecular flexibility index (Phi) is 1.90. The molecular weight excluding hydrogens is 199 g/mol. The molecule has 1 aromatic heterocycles. The van der Waals surface area contributed by atoms with Gasteiger partial charge in [0.2, 0.25) is 0 Å². The first-order valence-electron chi connectivity index (χ1n) is 5.02. The first kappa shape index (κ1) is 8.76. The smallest absolute Gasteiger partial charge is 0.00625 e. The molecular formula is C14H11P. The predicted octanol–water partition coefficient (Wildman–Crippen LogP) is 5.08. The fourth-order valence-electron chi connectivity index (χ4n) is 2.15.